The van der Waals surface area contributed by atoms with E-state index in [0.29, 0.717) is 6.54 Å². The van der Waals surface area contributed by atoms with Crippen LogP contribution in [0.1, 0.15) is 13.3 Å². The lowest BCUT2D eigenvalue weighted by Gasteiger charge is -2.40. The number of nitrogens with zero attached hydrogens (tertiary/aromatic N) is 1. The highest BCUT2D eigenvalue weighted by molar-refractivity contribution is 5.75. The number of likely N-dealkylation sites (tertiary alicyclic amines) is 1. The molecule has 5 nitrogen and oxygen atoms in total. The van der Waals surface area contributed by atoms with E-state index in [2.05, 4.69) is 5.32 Å². The molecule has 2 atom stereocenters. The molecule has 1 aliphatic heterocycles. The summed E-state index contributed by atoms with van der Waals surface area (Å²) in [4.78, 5) is 13.4. The predicted octanol–water partition coefficient (Wildman–Crippen LogP) is 1.19. The van der Waals surface area contributed by atoms with E-state index in [1.54, 1.807) is 11.8 Å². The second-order valence-corrected chi connectivity index (χ2v) is 4.40. The van der Waals surface area contributed by atoms with Crippen LogP contribution < -0.4 is 10.1 Å². The zero-order valence-electron chi connectivity index (χ0n) is 10.4. The Morgan fingerprint density at radius 3 is 2.83 bits per heavy atom. The van der Waals surface area contributed by atoms with Crippen LogP contribution in [0.3, 0.4) is 0 Å². The van der Waals surface area contributed by atoms with Gasteiger partial charge in [-0.05, 0) is 19.1 Å². The number of benzene rings is 1. The van der Waals surface area contributed by atoms with Gasteiger partial charge in [-0.25, -0.2) is 4.79 Å². The molecule has 2 rings (SSSR count). The lowest BCUT2D eigenvalue weighted by atomic mass is 10.2. The van der Waals surface area contributed by atoms with E-state index in [1.165, 1.54) is 0 Å². The molecule has 1 heterocycles. The standard InChI is InChI=1S/C13H18N2O3/c1-10(16)9-14-13(17)15-8-7-12(15)18-11-5-3-2-4-6-11/h2-6,10,12,16H,7-9H2,1H3,(H,14,17). The van der Waals surface area contributed by atoms with Gasteiger partial charge in [0.2, 0.25) is 0 Å². The van der Waals surface area contributed by atoms with Crippen molar-refractivity contribution in [1.82, 2.24) is 10.2 Å². The average Bonchev–Trinajstić information content (AvgIpc) is 2.33. The third kappa shape index (κ3) is 3.13. The summed E-state index contributed by atoms with van der Waals surface area (Å²) in [6.07, 6.45) is 0.0851. The van der Waals surface area contributed by atoms with Gasteiger partial charge in [-0.2, -0.15) is 0 Å². The minimum absolute atomic E-state index is 0.192. The van der Waals surface area contributed by atoms with Gasteiger partial charge in [-0.3, -0.25) is 4.90 Å². The highest BCUT2D eigenvalue weighted by Gasteiger charge is 2.33. The molecule has 0 aromatic heterocycles. The summed E-state index contributed by atoms with van der Waals surface area (Å²) in [5.41, 5.74) is 0. The second-order valence-electron chi connectivity index (χ2n) is 4.40. The fraction of sp³-hybridized carbons (Fsp3) is 0.462. The largest absolute Gasteiger partial charge is 0.470 e. The smallest absolute Gasteiger partial charge is 0.320 e. The Kier molecular flexibility index (Phi) is 4.04. The fourth-order valence-electron chi connectivity index (χ4n) is 1.71. The number of aliphatic hydroxyl groups is 1. The first kappa shape index (κ1) is 12.7. The van der Waals surface area contributed by atoms with E-state index in [4.69, 9.17) is 9.84 Å². The van der Waals surface area contributed by atoms with Crippen LogP contribution in [0.15, 0.2) is 30.3 Å². The van der Waals surface area contributed by atoms with E-state index in [0.717, 1.165) is 12.2 Å². The maximum absolute atomic E-state index is 11.8. The molecule has 2 amide bonds. The molecule has 0 spiro atoms. The molecule has 1 aromatic carbocycles. The van der Waals surface area contributed by atoms with Crippen molar-refractivity contribution < 1.29 is 14.6 Å². The maximum Gasteiger partial charge on any atom is 0.320 e. The SMILES string of the molecule is CC(O)CNC(=O)N1CCC1Oc1ccccc1. The summed E-state index contributed by atoms with van der Waals surface area (Å²) in [5, 5.41) is 11.8. The van der Waals surface area contributed by atoms with Gasteiger partial charge in [0.1, 0.15) is 5.75 Å². The number of aliphatic hydroxyl groups excluding tert-OH is 1. The number of carbonyl (C=O) groups excluding carboxylic acids is 1. The number of rotatable bonds is 4. The minimum Gasteiger partial charge on any atom is -0.470 e. The molecule has 2 N–H and O–H groups in total. The van der Waals surface area contributed by atoms with Gasteiger partial charge in [0.25, 0.3) is 0 Å². The minimum atomic E-state index is -0.538. The Morgan fingerprint density at radius 1 is 1.56 bits per heavy atom. The first-order chi connectivity index (χ1) is 8.66. The molecule has 0 radical (unpaired) electrons. The van der Waals surface area contributed by atoms with E-state index in [9.17, 15) is 4.79 Å². The number of urea groups is 1. The summed E-state index contributed by atoms with van der Waals surface area (Å²) in [7, 11) is 0. The molecule has 1 aromatic rings. The molecule has 0 saturated carbocycles. The zero-order chi connectivity index (χ0) is 13.0. The van der Waals surface area contributed by atoms with Gasteiger partial charge in [0.05, 0.1) is 6.10 Å². The number of carbonyl (C=O) groups is 1. The van der Waals surface area contributed by atoms with Crippen molar-refractivity contribution in [1.29, 1.82) is 0 Å². The van der Waals surface area contributed by atoms with E-state index in [-0.39, 0.29) is 18.8 Å². The van der Waals surface area contributed by atoms with Crippen LogP contribution in [0.4, 0.5) is 4.79 Å². The third-order valence-corrected chi connectivity index (χ3v) is 2.79. The third-order valence-electron chi connectivity index (χ3n) is 2.79. The Balaban J connectivity index is 1.83. The molecule has 0 bridgehead atoms. The van der Waals surface area contributed by atoms with Crippen molar-refractivity contribution in [3.63, 3.8) is 0 Å². The predicted molar refractivity (Wildman–Crippen MR) is 67.3 cm³/mol. The van der Waals surface area contributed by atoms with E-state index in [1.807, 2.05) is 30.3 Å². The number of para-hydroxylation sites is 1. The molecule has 18 heavy (non-hydrogen) atoms. The number of hydrogen-bond donors (Lipinski definition) is 2. The Bertz CT molecular complexity index is 394. The van der Waals surface area contributed by atoms with Crippen molar-refractivity contribution in [3.8, 4) is 5.75 Å². The normalized spacial score (nSPS) is 19.9. The topological polar surface area (TPSA) is 61.8 Å². The highest BCUT2D eigenvalue weighted by atomic mass is 16.5. The van der Waals surface area contributed by atoms with Crippen molar-refractivity contribution in [2.45, 2.75) is 25.7 Å². The summed E-state index contributed by atoms with van der Waals surface area (Å²) in [6.45, 7) is 2.57. The zero-order valence-corrected chi connectivity index (χ0v) is 10.4. The number of amides is 2. The van der Waals surface area contributed by atoms with Crippen LogP contribution in [-0.2, 0) is 0 Å². The van der Waals surface area contributed by atoms with E-state index < -0.39 is 6.10 Å². The maximum atomic E-state index is 11.8. The highest BCUT2D eigenvalue weighted by Crippen LogP contribution is 2.21. The molecule has 98 valence electrons. The van der Waals surface area contributed by atoms with Crippen LogP contribution in [0.5, 0.6) is 5.75 Å². The van der Waals surface area contributed by atoms with Crippen molar-refractivity contribution in [2.75, 3.05) is 13.1 Å². The van der Waals surface area contributed by atoms with Crippen molar-refractivity contribution in [2.24, 2.45) is 0 Å². The van der Waals surface area contributed by atoms with Crippen LogP contribution in [0, 0.1) is 0 Å². The number of nitrogens with one attached hydrogen (secondary N) is 1. The monoisotopic (exact) mass is 250 g/mol. The lowest BCUT2D eigenvalue weighted by molar-refractivity contribution is -0.0222. The quantitative estimate of drug-likeness (QED) is 0.843. The number of hydrogen-bond acceptors (Lipinski definition) is 3. The summed E-state index contributed by atoms with van der Waals surface area (Å²) < 4.78 is 5.69. The number of ether oxygens (including phenoxy) is 1. The van der Waals surface area contributed by atoms with Gasteiger partial charge in [-0.15, -0.1) is 0 Å². The van der Waals surface area contributed by atoms with Crippen molar-refractivity contribution in [3.05, 3.63) is 30.3 Å². The average molecular weight is 250 g/mol. The Hall–Kier alpha value is -1.75. The molecule has 1 saturated heterocycles. The first-order valence-electron chi connectivity index (χ1n) is 6.11. The van der Waals surface area contributed by atoms with Gasteiger partial charge < -0.3 is 15.2 Å². The summed E-state index contributed by atoms with van der Waals surface area (Å²) >= 11 is 0. The van der Waals surface area contributed by atoms with Crippen LogP contribution in [0.25, 0.3) is 0 Å². The molecule has 2 unspecified atom stereocenters. The first-order valence-corrected chi connectivity index (χ1v) is 6.11. The fourth-order valence-corrected chi connectivity index (χ4v) is 1.71. The Morgan fingerprint density at radius 2 is 2.28 bits per heavy atom. The van der Waals surface area contributed by atoms with Gasteiger partial charge >= 0.3 is 6.03 Å². The summed E-state index contributed by atoms with van der Waals surface area (Å²) in [6, 6.07) is 9.25. The molecule has 5 heteroatoms. The summed E-state index contributed by atoms with van der Waals surface area (Å²) in [5.74, 6) is 0.760. The molecule has 1 fully saturated rings. The Labute approximate surface area is 106 Å². The van der Waals surface area contributed by atoms with Crippen LogP contribution in [-0.4, -0.2) is 41.5 Å². The second kappa shape index (κ2) is 5.73. The lowest BCUT2D eigenvalue weighted by Crippen LogP contribution is -2.57. The molecule has 1 aliphatic rings. The van der Waals surface area contributed by atoms with E-state index >= 15 is 0 Å². The molecular weight excluding hydrogens is 232 g/mol. The van der Waals surface area contributed by atoms with Gasteiger partial charge in [0.15, 0.2) is 6.23 Å². The van der Waals surface area contributed by atoms with Crippen molar-refractivity contribution >= 4 is 6.03 Å². The van der Waals surface area contributed by atoms with Crippen LogP contribution >= 0.6 is 0 Å². The van der Waals surface area contributed by atoms with Gasteiger partial charge in [-0.1, -0.05) is 18.2 Å². The molecular formula is C13H18N2O3. The van der Waals surface area contributed by atoms with Crippen LogP contribution in [0.2, 0.25) is 0 Å². The van der Waals surface area contributed by atoms with Gasteiger partial charge in [0, 0.05) is 19.5 Å². The molecule has 0 aliphatic carbocycles.